The van der Waals surface area contributed by atoms with Crippen LogP contribution in [-0.4, -0.2) is 39.6 Å². The molecule has 0 spiro atoms. The zero-order valence-corrected chi connectivity index (χ0v) is 15.1. The van der Waals surface area contributed by atoms with Gasteiger partial charge in [-0.2, -0.15) is 4.39 Å². The fourth-order valence-corrected chi connectivity index (χ4v) is 5.32. The molecule has 3 aliphatic rings. The Kier molecular flexibility index (Phi) is 3.86. The zero-order chi connectivity index (χ0) is 17.8. The predicted molar refractivity (Wildman–Crippen MR) is 96.4 cm³/mol. The Morgan fingerprint density at radius 1 is 1.48 bits per heavy atom. The number of pyridine rings is 1. The number of thioether (sulfide) groups is 1. The van der Waals surface area contributed by atoms with Crippen molar-refractivity contribution in [3.63, 3.8) is 0 Å². The number of rotatable bonds is 3. The molecule has 5 nitrogen and oxygen atoms in total. The van der Waals surface area contributed by atoms with Gasteiger partial charge in [0.15, 0.2) is 5.96 Å². The molecule has 1 aromatic heterocycles. The lowest BCUT2D eigenvalue weighted by Crippen LogP contribution is -2.69. The third kappa shape index (κ3) is 2.65. The molecule has 2 N–H and O–H groups in total. The minimum Gasteiger partial charge on any atom is -0.349 e. The SMILES string of the molecule is CN1C(=N)N[C@](C)(C2CC(c3cccnc3F)=CS2)[C@H](C2CC2)C1=O. The Bertz CT molecular complexity index is 778. The van der Waals surface area contributed by atoms with Crippen LogP contribution in [0.15, 0.2) is 23.7 Å². The van der Waals surface area contributed by atoms with E-state index >= 15 is 0 Å². The molecule has 1 saturated heterocycles. The fraction of sp³-hybridized carbons (Fsp3) is 0.500. The van der Waals surface area contributed by atoms with Gasteiger partial charge in [0.2, 0.25) is 11.9 Å². The fourth-order valence-electron chi connectivity index (χ4n) is 4.01. The Labute approximate surface area is 150 Å². The van der Waals surface area contributed by atoms with Crippen LogP contribution in [0.25, 0.3) is 5.57 Å². The van der Waals surface area contributed by atoms with Gasteiger partial charge in [0.05, 0.1) is 11.5 Å². The average Bonchev–Trinajstić information content (AvgIpc) is 3.27. The second kappa shape index (κ2) is 5.83. The van der Waals surface area contributed by atoms with Gasteiger partial charge >= 0.3 is 0 Å². The third-order valence-corrected chi connectivity index (χ3v) is 7.02. The Morgan fingerprint density at radius 3 is 2.92 bits per heavy atom. The molecular formula is C18H21FN4OS. The molecule has 4 rings (SSSR count). The molecule has 1 amide bonds. The van der Waals surface area contributed by atoms with E-state index in [0.717, 1.165) is 18.4 Å². The molecule has 2 fully saturated rings. The van der Waals surface area contributed by atoms with E-state index in [0.29, 0.717) is 17.9 Å². The minimum absolute atomic E-state index is 0.0235. The standard InChI is InChI=1S/C18H21FN4OS/c1-18(14(10-5-6-10)16(24)23(2)17(20)22-18)13-8-11(9-25-13)12-4-3-7-21-15(12)19/h3-4,7,9-10,13-14H,5-6,8H2,1-2H3,(H2,20,22)/t13?,14-,18-/m1/s1. The number of guanidine groups is 1. The molecule has 2 aliphatic heterocycles. The quantitative estimate of drug-likeness (QED) is 0.814. The molecule has 1 aliphatic carbocycles. The number of nitrogens with one attached hydrogen (secondary N) is 2. The van der Waals surface area contributed by atoms with Gasteiger partial charge in [-0.3, -0.25) is 15.1 Å². The highest BCUT2D eigenvalue weighted by Gasteiger charge is 2.56. The second-order valence-corrected chi connectivity index (χ2v) is 8.36. The average molecular weight is 360 g/mol. The Hall–Kier alpha value is -1.89. The molecule has 1 unspecified atom stereocenters. The van der Waals surface area contributed by atoms with Crippen LogP contribution in [0.4, 0.5) is 4.39 Å². The highest BCUT2D eigenvalue weighted by molar-refractivity contribution is 8.03. The number of halogens is 1. The predicted octanol–water partition coefficient (Wildman–Crippen LogP) is 2.85. The van der Waals surface area contributed by atoms with Gasteiger partial charge in [0.1, 0.15) is 0 Å². The van der Waals surface area contributed by atoms with Crippen molar-refractivity contribution in [1.29, 1.82) is 5.41 Å². The number of carbonyl (C=O) groups excluding carboxylic acids is 1. The van der Waals surface area contributed by atoms with Crippen LogP contribution in [0.2, 0.25) is 0 Å². The maximum absolute atomic E-state index is 14.0. The summed E-state index contributed by atoms with van der Waals surface area (Å²) in [6.45, 7) is 2.05. The van der Waals surface area contributed by atoms with Crippen molar-refractivity contribution in [3.8, 4) is 0 Å². The molecule has 3 heterocycles. The first kappa shape index (κ1) is 16.6. The van der Waals surface area contributed by atoms with E-state index in [-0.39, 0.29) is 23.0 Å². The number of nitrogens with zero attached hydrogens (tertiary/aromatic N) is 2. The summed E-state index contributed by atoms with van der Waals surface area (Å²) in [4.78, 5) is 18.0. The van der Waals surface area contributed by atoms with Crippen molar-refractivity contribution in [2.75, 3.05) is 7.05 Å². The number of hydrogen-bond donors (Lipinski definition) is 2. The van der Waals surface area contributed by atoms with E-state index in [1.807, 2.05) is 12.3 Å². The summed E-state index contributed by atoms with van der Waals surface area (Å²) in [6.07, 6.45) is 4.22. The molecule has 3 atom stereocenters. The van der Waals surface area contributed by atoms with Gasteiger partial charge < -0.3 is 5.32 Å². The van der Waals surface area contributed by atoms with Crippen LogP contribution in [0.3, 0.4) is 0 Å². The summed E-state index contributed by atoms with van der Waals surface area (Å²) in [7, 11) is 1.66. The Morgan fingerprint density at radius 2 is 2.24 bits per heavy atom. The van der Waals surface area contributed by atoms with Crippen LogP contribution in [0.5, 0.6) is 0 Å². The molecule has 25 heavy (non-hydrogen) atoms. The first-order valence-electron chi connectivity index (χ1n) is 8.51. The number of carbonyl (C=O) groups is 1. The molecule has 7 heteroatoms. The lowest BCUT2D eigenvalue weighted by atomic mass is 9.75. The summed E-state index contributed by atoms with van der Waals surface area (Å²) in [5.41, 5.74) is 0.929. The number of hydrogen-bond acceptors (Lipinski definition) is 4. The topological polar surface area (TPSA) is 69.1 Å². The van der Waals surface area contributed by atoms with E-state index in [2.05, 4.69) is 10.3 Å². The highest BCUT2D eigenvalue weighted by atomic mass is 32.2. The molecule has 0 radical (unpaired) electrons. The van der Waals surface area contributed by atoms with Crippen LogP contribution >= 0.6 is 11.8 Å². The molecule has 132 valence electrons. The summed E-state index contributed by atoms with van der Waals surface area (Å²) >= 11 is 1.63. The van der Waals surface area contributed by atoms with Crippen molar-refractivity contribution in [2.45, 2.75) is 37.0 Å². The van der Waals surface area contributed by atoms with E-state index in [4.69, 9.17) is 5.41 Å². The van der Waals surface area contributed by atoms with Gasteiger partial charge in [0.25, 0.3) is 0 Å². The van der Waals surface area contributed by atoms with Gasteiger partial charge in [-0.05, 0) is 55.2 Å². The van der Waals surface area contributed by atoms with Crippen molar-refractivity contribution < 1.29 is 9.18 Å². The van der Waals surface area contributed by atoms with Crippen molar-refractivity contribution in [1.82, 2.24) is 15.2 Å². The van der Waals surface area contributed by atoms with Crippen LogP contribution in [-0.2, 0) is 4.79 Å². The summed E-state index contributed by atoms with van der Waals surface area (Å²) in [6, 6.07) is 3.48. The van der Waals surface area contributed by atoms with Gasteiger partial charge in [-0.1, -0.05) is 0 Å². The first-order valence-corrected chi connectivity index (χ1v) is 9.46. The van der Waals surface area contributed by atoms with E-state index in [1.165, 1.54) is 11.1 Å². The third-order valence-electron chi connectivity index (χ3n) is 5.61. The van der Waals surface area contributed by atoms with Gasteiger partial charge in [-0.15, -0.1) is 11.8 Å². The zero-order valence-electron chi connectivity index (χ0n) is 14.3. The summed E-state index contributed by atoms with van der Waals surface area (Å²) in [5.74, 6) is -0.0589. The molecular weight excluding hydrogens is 339 g/mol. The maximum Gasteiger partial charge on any atom is 0.234 e. The van der Waals surface area contributed by atoms with Crippen LogP contribution in [0, 0.1) is 23.2 Å². The van der Waals surface area contributed by atoms with E-state index in [1.54, 1.807) is 30.9 Å². The van der Waals surface area contributed by atoms with Gasteiger partial charge in [-0.25, -0.2) is 4.98 Å². The molecule has 0 aromatic carbocycles. The van der Waals surface area contributed by atoms with Crippen LogP contribution < -0.4 is 5.32 Å². The lowest BCUT2D eigenvalue weighted by Gasteiger charge is -2.48. The molecule has 0 bridgehead atoms. The largest absolute Gasteiger partial charge is 0.349 e. The number of amides is 1. The van der Waals surface area contributed by atoms with Crippen molar-refractivity contribution >= 4 is 29.2 Å². The molecule has 1 saturated carbocycles. The highest BCUT2D eigenvalue weighted by Crippen LogP contribution is 2.51. The normalized spacial score (nSPS) is 32.6. The molecule has 1 aromatic rings. The Balaban J connectivity index is 1.62. The maximum atomic E-state index is 14.0. The van der Waals surface area contributed by atoms with Gasteiger partial charge in [0, 0.05) is 24.1 Å². The second-order valence-electron chi connectivity index (χ2n) is 7.28. The van der Waals surface area contributed by atoms with E-state index < -0.39 is 11.5 Å². The number of aromatic nitrogens is 1. The minimum atomic E-state index is -0.510. The van der Waals surface area contributed by atoms with Crippen LogP contribution in [0.1, 0.15) is 31.7 Å². The summed E-state index contributed by atoms with van der Waals surface area (Å²) < 4.78 is 14.0. The monoisotopic (exact) mass is 360 g/mol. The van der Waals surface area contributed by atoms with Crippen molar-refractivity contribution in [2.24, 2.45) is 11.8 Å². The first-order chi connectivity index (χ1) is 11.9. The van der Waals surface area contributed by atoms with E-state index in [9.17, 15) is 9.18 Å². The summed E-state index contributed by atoms with van der Waals surface area (Å²) in [5, 5.41) is 13.5. The smallest absolute Gasteiger partial charge is 0.234 e. The number of allylic oxidation sites excluding steroid dienone is 1. The van der Waals surface area contributed by atoms with Crippen molar-refractivity contribution in [3.05, 3.63) is 35.2 Å². The lowest BCUT2D eigenvalue weighted by molar-refractivity contribution is -0.136.